The van der Waals surface area contributed by atoms with E-state index < -0.39 is 0 Å². The van der Waals surface area contributed by atoms with Crippen LogP contribution in [0.2, 0.25) is 0 Å². The van der Waals surface area contributed by atoms with Crippen molar-refractivity contribution < 1.29 is 0 Å². The van der Waals surface area contributed by atoms with Gasteiger partial charge in [0.1, 0.15) is 5.82 Å². The zero-order valence-electron chi connectivity index (χ0n) is 11.0. The first-order valence-electron chi connectivity index (χ1n) is 6.49. The molecule has 0 radical (unpaired) electrons. The molecule has 0 aliphatic carbocycles. The van der Waals surface area contributed by atoms with Crippen LogP contribution in [-0.4, -0.2) is 9.38 Å². The molecule has 2 heterocycles. The molecule has 0 saturated carbocycles. The van der Waals surface area contributed by atoms with Crippen molar-refractivity contribution in [2.45, 2.75) is 19.4 Å². The van der Waals surface area contributed by atoms with Gasteiger partial charge in [-0.1, -0.05) is 36.4 Å². The lowest BCUT2D eigenvalue weighted by Gasteiger charge is -2.10. The average molecular weight is 251 g/mol. The third-order valence-corrected chi connectivity index (χ3v) is 3.39. The van der Waals surface area contributed by atoms with Gasteiger partial charge in [0.25, 0.3) is 0 Å². The van der Waals surface area contributed by atoms with Crippen LogP contribution in [0.15, 0.2) is 54.7 Å². The number of fused-ring (bicyclic) bond motifs is 1. The van der Waals surface area contributed by atoms with Gasteiger partial charge in [-0.25, -0.2) is 4.98 Å². The summed E-state index contributed by atoms with van der Waals surface area (Å²) >= 11 is 0. The highest BCUT2D eigenvalue weighted by atomic mass is 15.0. The average Bonchev–Trinajstić information content (AvgIpc) is 2.78. The van der Waals surface area contributed by atoms with E-state index in [1.54, 1.807) is 0 Å². The topological polar surface area (TPSA) is 43.3 Å². The summed E-state index contributed by atoms with van der Waals surface area (Å²) < 4.78 is 2.09. The van der Waals surface area contributed by atoms with Crippen molar-refractivity contribution in [1.82, 2.24) is 9.38 Å². The Labute approximate surface area is 112 Å². The molecule has 0 spiro atoms. The maximum atomic E-state index is 6.32. The van der Waals surface area contributed by atoms with Crippen LogP contribution < -0.4 is 5.73 Å². The van der Waals surface area contributed by atoms with Crippen molar-refractivity contribution in [3.8, 4) is 0 Å². The van der Waals surface area contributed by atoms with Crippen LogP contribution in [0.5, 0.6) is 0 Å². The van der Waals surface area contributed by atoms with Crippen molar-refractivity contribution in [1.29, 1.82) is 0 Å². The molecule has 2 aromatic heterocycles. The van der Waals surface area contributed by atoms with Crippen LogP contribution >= 0.6 is 0 Å². The van der Waals surface area contributed by atoms with Crippen molar-refractivity contribution in [3.63, 3.8) is 0 Å². The summed E-state index contributed by atoms with van der Waals surface area (Å²) in [5, 5.41) is 0. The Kier molecular flexibility index (Phi) is 3.05. The van der Waals surface area contributed by atoms with E-state index in [1.807, 2.05) is 43.5 Å². The molecule has 0 bridgehead atoms. The van der Waals surface area contributed by atoms with Crippen LogP contribution in [-0.2, 0) is 6.42 Å². The number of hydrogen-bond acceptors (Lipinski definition) is 2. The molecule has 0 aliphatic heterocycles. The molecule has 3 rings (SSSR count). The summed E-state index contributed by atoms with van der Waals surface area (Å²) in [6.07, 6.45) is 2.82. The van der Waals surface area contributed by atoms with E-state index in [1.165, 1.54) is 5.56 Å². The summed E-state index contributed by atoms with van der Waals surface area (Å²) in [6, 6.07) is 16.3. The van der Waals surface area contributed by atoms with Gasteiger partial charge in [0.15, 0.2) is 0 Å². The van der Waals surface area contributed by atoms with Gasteiger partial charge >= 0.3 is 0 Å². The van der Waals surface area contributed by atoms with E-state index in [0.29, 0.717) is 0 Å². The van der Waals surface area contributed by atoms with Crippen molar-refractivity contribution >= 4 is 5.52 Å². The highest BCUT2D eigenvalue weighted by Crippen LogP contribution is 2.19. The minimum Gasteiger partial charge on any atom is -0.321 e. The minimum atomic E-state index is -0.0917. The Balaban J connectivity index is 1.96. The fraction of sp³-hybridized carbons (Fsp3) is 0.188. The number of rotatable bonds is 3. The molecule has 2 N–H and O–H groups in total. The van der Waals surface area contributed by atoms with Gasteiger partial charge in [-0.15, -0.1) is 0 Å². The van der Waals surface area contributed by atoms with Crippen LogP contribution in [0.25, 0.3) is 5.52 Å². The number of pyridine rings is 1. The van der Waals surface area contributed by atoms with E-state index in [4.69, 9.17) is 5.73 Å². The number of aryl methyl sites for hydroxylation is 1. The molecule has 3 aromatic rings. The maximum Gasteiger partial charge on any atom is 0.130 e. The van der Waals surface area contributed by atoms with Crippen molar-refractivity contribution in [2.24, 2.45) is 5.73 Å². The molecule has 1 unspecified atom stereocenters. The molecule has 3 nitrogen and oxygen atoms in total. The number of imidazole rings is 1. The molecule has 3 heteroatoms. The molecule has 0 saturated heterocycles. The molecule has 1 aromatic carbocycles. The van der Waals surface area contributed by atoms with Crippen molar-refractivity contribution in [2.75, 3.05) is 0 Å². The normalized spacial score (nSPS) is 12.7. The third kappa shape index (κ3) is 2.25. The summed E-state index contributed by atoms with van der Waals surface area (Å²) in [7, 11) is 0. The molecule has 19 heavy (non-hydrogen) atoms. The van der Waals surface area contributed by atoms with Crippen LogP contribution in [0.4, 0.5) is 0 Å². The van der Waals surface area contributed by atoms with E-state index in [2.05, 4.69) is 27.6 Å². The zero-order valence-corrected chi connectivity index (χ0v) is 11.0. The van der Waals surface area contributed by atoms with Crippen LogP contribution in [0.3, 0.4) is 0 Å². The van der Waals surface area contributed by atoms with Crippen molar-refractivity contribution in [3.05, 3.63) is 71.8 Å². The van der Waals surface area contributed by atoms with Crippen LogP contribution in [0, 0.1) is 6.92 Å². The smallest absolute Gasteiger partial charge is 0.130 e. The molecule has 0 fully saturated rings. The van der Waals surface area contributed by atoms with Gasteiger partial charge in [0, 0.05) is 6.20 Å². The van der Waals surface area contributed by atoms with Gasteiger partial charge in [-0.3, -0.25) is 0 Å². The summed E-state index contributed by atoms with van der Waals surface area (Å²) in [6.45, 7) is 2.02. The summed E-state index contributed by atoms with van der Waals surface area (Å²) in [5.74, 6) is 0.928. The highest BCUT2D eigenvalue weighted by molar-refractivity contribution is 5.52. The fourth-order valence-corrected chi connectivity index (χ4v) is 2.44. The fourth-order valence-electron chi connectivity index (χ4n) is 2.44. The number of aromatic nitrogens is 2. The molecule has 0 amide bonds. The predicted octanol–water partition coefficient (Wildman–Crippen LogP) is 2.89. The monoisotopic (exact) mass is 251 g/mol. The number of benzene rings is 1. The predicted molar refractivity (Wildman–Crippen MR) is 77.0 cm³/mol. The molecule has 96 valence electrons. The second-order valence-corrected chi connectivity index (χ2v) is 4.81. The van der Waals surface area contributed by atoms with E-state index >= 15 is 0 Å². The van der Waals surface area contributed by atoms with Crippen LogP contribution in [0.1, 0.15) is 23.1 Å². The third-order valence-electron chi connectivity index (χ3n) is 3.39. The lowest BCUT2D eigenvalue weighted by Crippen LogP contribution is -2.16. The lowest BCUT2D eigenvalue weighted by atomic mass is 10.1. The molecular weight excluding hydrogens is 234 g/mol. The molecular formula is C16H17N3. The SMILES string of the molecule is Cc1nc(C(N)Cc2ccccc2)n2ccccc12. The first-order valence-corrected chi connectivity index (χ1v) is 6.49. The Morgan fingerprint density at radius 1 is 1.11 bits per heavy atom. The second kappa shape index (κ2) is 4.86. The zero-order chi connectivity index (χ0) is 13.2. The minimum absolute atomic E-state index is 0.0917. The van der Waals surface area contributed by atoms with E-state index in [-0.39, 0.29) is 6.04 Å². The molecule has 0 aliphatic rings. The first-order chi connectivity index (χ1) is 9.25. The Morgan fingerprint density at radius 2 is 1.84 bits per heavy atom. The largest absolute Gasteiger partial charge is 0.321 e. The standard InChI is InChI=1S/C16H17N3/c1-12-15-9-5-6-10-19(15)16(18-12)14(17)11-13-7-3-2-4-8-13/h2-10,14H,11,17H2,1H3. The summed E-state index contributed by atoms with van der Waals surface area (Å²) in [5.41, 5.74) is 9.71. The first kappa shape index (κ1) is 11.9. The van der Waals surface area contributed by atoms with E-state index in [9.17, 15) is 0 Å². The van der Waals surface area contributed by atoms with Gasteiger partial charge in [-0.05, 0) is 31.0 Å². The van der Waals surface area contributed by atoms with Gasteiger partial charge < -0.3 is 10.1 Å². The lowest BCUT2D eigenvalue weighted by molar-refractivity contribution is 0.663. The number of hydrogen-bond donors (Lipinski definition) is 1. The Bertz CT molecular complexity index is 686. The summed E-state index contributed by atoms with van der Waals surface area (Å²) in [4.78, 5) is 4.62. The second-order valence-electron chi connectivity index (χ2n) is 4.81. The highest BCUT2D eigenvalue weighted by Gasteiger charge is 2.14. The van der Waals surface area contributed by atoms with Gasteiger partial charge in [0.05, 0.1) is 17.3 Å². The Morgan fingerprint density at radius 3 is 2.63 bits per heavy atom. The maximum absolute atomic E-state index is 6.32. The molecule has 1 atom stereocenters. The number of nitrogens with zero attached hydrogens (tertiary/aromatic N) is 2. The van der Waals surface area contributed by atoms with Gasteiger partial charge in [-0.2, -0.15) is 0 Å². The quantitative estimate of drug-likeness (QED) is 0.777. The van der Waals surface area contributed by atoms with Gasteiger partial charge in [0.2, 0.25) is 0 Å². The van der Waals surface area contributed by atoms with E-state index in [0.717, 1.165) is 23.5 Å². The Hall–Kier alpha value is -2.13. The number of nitrogens with two attached hydrogens (primary N) is 1.